The van der Waals surface area contributed by atoms with E-state index in [2.05, 4.69) is 37.4 Å². The van der Waals surface area contributed by atoms with Gasteiger partial charge in [0.05, 0.1) is 17.4 Å². The smallest absolute Gasteiger partial charge is 0.115 e. The third kappa shape index (κ3) is 2.65. The maximum absolute atomic E-state index is 4.86. The van der Waals surface area contributed by atoms with Gasteiger partial charge in [-0.1, -0.05) is 6.92 Å². The molecule has 0 aromatic carbocycles. The molecular formula is C15H22N4S. The number of aryl methyl sites for hydroxylation is 4. The van der Waals surface area contributed by atoms with Crippen LogP contribution in [0.3, 0.4) is 0 Å². The Labute approximate surface area is 124 Å². The molecule has 2 aromatic rings. The molecule has 0 radical (unpaired) electrons. The van der Waals surface area contributed by atoms with Crippen molar-refractivity contribution in [2.24, 2.45) is 7.05 Å². The van der Waals surface area contributed by atoms with Crippen molar-refractivity contribution in [3.63, 3.8) is 0 Å². The van der Waals surface area contributed by atoms with Crippen LogP contribution in [0.4, 0.5) is 0 Å². The van der Waals surface area contributed by atoms with Gasteiger partial charge in [0, 0.05) is 29.7 Å². The Morgan fingerprint density at radius 3 is 2.70 bits per heavy atom. The SMILES string of the molecule is CCc1nc(C(NC2CC2)c2cn(C)nc2C)sc1C. The summed E-state index contributed by atoms with van der Waals surface area (Å²) in [6, 6.07) is 0.842. The summed E-state index contributed by atoms with van der Waals surface area (Å²) >= 11 is 1.82. The Morgan fingerprint density at radius 1 is 1.45 bits per heavy atom. The first-order valence-electron chi connectivity index (χ1n) is 7.31. The lowest BCUT2D eigenvalue weighted by atomic mass is 10.1. The van der Waals surface area contributed by atoms with Gasteiger partial charge < -0.3 is 5.32 Å². The first-order chi connectivity index (χ1) is 9.58. The molecule has 0 spiro atoms. The largest absolute Gasteiger partial charge is 0.301 e. The van der Waals surface area contributed by atoms with E-state index in [1.807, 2.05) is 23.1 Å². The molecule has 0 aliphatic heterocycles. The van der Waals surface area contributed by atoms with Crippen LogP contribution in [0.1, 0.15) is 52.6 Å². The van der Waals surface area contributed by atoms with E-state index in [1.165, 1.54) is 34.0 Å². The second kappa shape index (κ2) is 5.30. The van der Waals surface area contributed by atoms with Gasteiger partial charge in [0.15, 0.2) is 0 Å². The minimum absolute atomic E-state index is 0.195. The third-order valence-electron chi connectivity index (χ3n) is 3.83. The van der Waals surface area contributed by atoms with Crippen molar-refractivity contribution in [3.8, 4) is 0 Å². The van der Waals surface area contributed by atoms with Gasteiger partial charge in [-0.15, -0.1) is 11.3 Å². The summed E-state index contributed by atoms with van der Waals surface area (Å²) in [5, 5.41) is 9.41. The molecule has 0 bridgehead atoms. The number of nitrogens with zero attached hydrogens (tertiary/aromatic N) is 3. The van der Waals surface area contributed by atoms with Gasteiger partial charge in [0.25, 0.3) is 0 Å². The number of aromatic nitrogens is 3. The molecule has 1 atom stereocenters. The lowest BCUT2D eigenvalue weighted by molar-refractivity contribution is 0.594. The second-order valence-electron chi connectivity index (χ2n) is 5.63. The van der Waals surface area contributed by atoms with E-state index in [9.17, 15) is 0 Å². The van der Waals surface area contributed by atoms with Crippen LogP contribution in [0.25, 0.3) is 0 Å². The minimum Gasteiger partial charge on any atom is -0.301 e. The summed E-state index contributed by atoms with van der Waals surface area (Å²) in [5.74, 6) is 0. The summed E-state index contributed by atoms with van der Waals surface area (Å²) in [6.07, 6.45) is 5.68. The maximum atomic E-state index is 4.86. The Balaban J connectivity index is 1.98. The molecule has 2 aromatic heterocycles. The van der Waals surface area contributed by atoms with Crippen LogP contribution < -0.4 is 5.32 Å². The van der Waals surface area contributed by atoms with E-state index in [4.69, 9.17) is 4.98 Å². The van der Waals surface area contributed by atoms with Crippen molar-refractivity contribution in [1.82, 2.24) is 20.1 Å². The molecule has 1 unspecified atom stereocenters. The van der Waals surface area contributed by atoms with Crippen molar-refractivity contribution in [1.29, 1.82) is 0 Å². The lowest BCUT2D eigenvalue weighted by Crippen LogP contribution is -2.24. The van der Waals surface area contributed by atoms with E-state index >= 15 is 0 Å². The van der Waals surface area contributed by atoms with E-state index in [-0.39, 0.29) is 6.04 Å². The minimum atomic E-state index is 0.195. The number of thiazole rings is 1. The highest BCUT2D eigenvalue weighted by molar-refractivity contribution is 7.11. The molecular weight excluding hydrogens is 268 g/mol. The van der Waals surface area contributed by atoms with Crippen LogP contribution in [0.2, 0.25) is 0 Å². The van der Waals surface area contributed by atoms with Gasteiger partial charge in [0.2, 0.25) is 0 Å². The number of hydrogen-bond acceptors (Lipinski definition) is 4. The van der Waals surface area contributed by atoms with Crippen molar-refractivity contribution in [3.05, 3.63) is 33.0 Å². The summed E-state index contributed by atoms with van der Waals surface area (Å²) in [5.41, 5.74) is 3.58. The maximum Gasteiger partial charge on any atom is 0.115 e. The average molecular weight is 290 g/mol. The molecule has 1 fully saturated rings. The molecule has 0 saturated heterocycles. The third-order valence-corrected chi connectivity index (χ3v) is 4.91. The van der Waals surface area contributed by atoms with Crippen molar-refractivity contribution in [2.75, 3.05) is 0 Å². The van der Waals surface area contributed by atoms with Crippen molar-refractivity contribution >= 4 is 11.3 Å². The zero-order valence-electron chi connectivity index (χ0n) is 12.6. The highest BCUT2D eigenvalue weighted by atomic mass is 32.1. The van der Waals surface area contributed by atoms with Crippen molar-refractivity contribution in [2.45, 2.75) is 52.1 Å². The Morgan fingerprint density at radius 2 is 2.20 bits per heavy atom. The van der Waals surface area contributed by atoms with Crippen LogP contribution in [-0.4, -0.2) is 20.8 Å². The van der Waals surface area contributed by atoms with E-state index in [0.717, 1.165) is 12.1 Å². The zero-order chi connectivity index (χ0) is 14.3. The number of hydrogen-bond donors (Lipinski definition) is 1. The summed E-state index contributed by atoms with van der Waals surface area (Å²) in [6.45, 7) is 6.42. The van der Waals surface area contributed by atoms with E-state index in [1.54, 1.807) is 0 Å². The van der Waals surface area contributed by atoms with E-state index < -0.39 is 0 Å². The fourth-order valence-electron chi connectivity index (χ4n) is 2.58. The van der Waals surface area contributed by atoms with Crippen LogP contribution in [0.5, 0.6) is 0 Å². The summed E-state index contributed by atoms with van der Waals surface area (Å²) in [7, 11) is 1.98. The van der Waals surface area contributed by atoms with Crippen molar-refractivity contribution < 1.29 is 0 Å². The molecule has 20 heavy (non-hydrogen) atoms. The highest BCUT2D eigenvalue weighted by Gasteiger charge is 2.30. The Bertz CT molecular complexity index is 609. The molecule has 0 amide bonds. The molecule has 108 valence electrons. The predicted octanol–water partition coefficient (Wildman–Crippen LogP) is 2.90. The Kier molecular flexibility index (Phi) is 3.65. The van der Waals surface area contributed by atoms with Gasteiger partial charge in [-0.2, -0.15) is 5.10 Å². The monoisotopic (exact) mass is 290 g/mol. The predicted molar refractivity (Wildman–Crippen MR) is 82.2 cm³/mol. The quantitative estimate of drug-likeness (QED) is 0.920. The van der Waals surface area contributed by atoms with Crippen LogP contribution in [0, 0.1) is 13.8 Å². The molecule has 4 nitrogen and oxygen atoms in total. The van der Waals surface area contributed by atoms with Crippen LogP contribution in [0.15, 0.2) is 6.20 Å². The van der Waals surface area contributed by atoms with Crippen LogP contribution >= 0.6 is 11.3 Å². The van der Waals surface area contributed by atoms with Crippen LogP contribution in [-0.2, 0) is 13.5 Å². The standard InChI is InChI=1S/C15H22N4S/c1-5-13-10(3)20-15(17-13)14(16-11-6-7-11)12-8-19(4)18-9(12)2/h8,11,14,16H,5-7H2,1-4H3. The molecule has 3 rings (SSSR count). The average Bonchev–Trinajstić information content (AvgIpc) is 3.06. The van der Waals surface area contributed by atoms with E-state index in [0.29, 0.717) is 6.04 Å². The normalized spacial score (nSPS) is 16.6. The lowest BCUT2D eigenvalue weighted by Gasteiger charge is -2.15. The van der Waals surface area contributed by atoms with Gasteiger partial charge in [-0.3, -0.25) is 4.68 Å². The number of rotatable bonds is 5. The first-order valence-corrected chi connectivity index (χ1v) is 8.12. The first kappa shape index (κ1) is 13.8. The highest BCUT2D eigenvalue weighted by Crippen LogP contribution is 2.33. The van der Waals surface area contributed by atoms with Gasteiger partial charge in [0.1, 0.15) is 5.01 Å². The number of nitrogens with one attached hydrogen (secondary N) is 1. The summed E-state index contributed by atoms with van der Waals surface area (Å²) < 4.78 is 1.90. The molecule has 1 N–H and O–H groups in total. The van der Waals surface area contributed by atoms with Gasteiger partial charge in [-0.25, -0.2) is 4.98 Å². The molecule has 5 heteroatoms. The molecule has 1 aliphatic rings. The fraction of sp³-hybridized carbons (Fsp3) is 0.600. The fourth-order valence-corrected chi connectivity index (χ4v) is 3.67. The molecule has 1 aliphatic carbocycles. The molecule has 1 saturated carbocycles. The van der Waals surface area contributed by atoms with Gasteiger partial charge in [-0.05, 0) is 33.1 Å². The Hall–Kier alpha value is -1.20. The molecule has 2 heterocycles. The second-order valence-corrected chi connectivity index (χ2v) is 6.86. The summed E-state index contributed by atoms with van der Waals surface area (Å²) in [4.78, 5) is 6.19. The van der Waals surface area contributed by atoms with Gasteiger partial charge >= 0.3 is 0 Å². The topological polar surface area (TPSA) is 42.7 Å². The zero-order valence-corrected chi connectivity index (χ0v) is 13.4.